The number of hydrogen-bond acceptors (Lipinski definition) is 1. The Labute approximate surface area is 164 Å². The number of anilines is 3. The lowest BCUT2D eigenvalue weighted by atomic mass is 9.92. The van der Waals surface area contributed by atoms with Gasteiger partial charge in [0.2, 0.25) is 0 Å². The van der Waals surface area contributed by atoms with Crippen LogP contribution in [0.5, 0.6) is 0 Å². The lowest BCUT2D eigenvalue weighted by molar-refractivity contribution is 0.449. The summed E-state index contributed by atoms with van der Waals surface area (Å²) in [5, 5.41) is 0. The van der Waals surface area contributed by atoms with Crippen LogP contribution in [0.2, 0.25) is 0 Å². The predicted octanol–water partition coefficient (Wildman–Crippen LogP) is 7.92. The Balaban J connectivity index is 1.84. The molecule has 1 heteroatoms. The van der Waals surface area contributed by atoms with E-state index >= 15 is 0 Å². The van der Waals surface area contributed by atoms with E-state index in [1.807, 2.05) is 0 Å². The second kappa shape index (κ2) is 9.97. The Morgan fingerprint density at radius 2 is 1.19 bits per heavy atom. The van der Waals surface area contributed by atoms with Crippen LogP contribution in [0.25, 0.3) is 0 Å². The third-order valence-electron chi connectivity index (χ3n) is 5.29. The Morgan fingerprint density at radius 3 is 1.67 bits per heavy atom. The van der Waals surface area contributed by atoms with E-state index < -0.39 is 0 Å². The highest BCUT2D eigenvalue weighted by molar-refractivity contribution is 5.76. The van der Waals surface area contributed by atoms with Crippen molar-refractivity contribution in [1.82, 2.24) is 0 Å². The van der Waals surface area contributed by atoms with Crippen molar-refractivity contribution in [3.63, 3.8) is 0 Å². The first-order chi connectivity index (χ1) is 13.3. The van der Waals surface area contributed by atoms with Crippen molar-refractivity contribution in [2.75, 3.05) is 4.90 Å². The first-order valence-corrected chi connectivity index (χ1v) is 10.3. The number of unbranched alkanes of at least 4 members (excludes halogenated alkanes) is 1. The van der Waals surface area contributed by atoms with Crippen LogP contribution in [0.4, 0.5) is 17.1 Å². The van der Waals surface area contributed by atoms with Crippen LogP contribution < -0.4 is 4.90 Å². The van der Waals surface area contributed by atoms with Crippen LogP contribution in [0.3, 0.4) is 0 Å². The van der Waals surface area contributed by atoms with Crippen LogP contribution in [0.15, 0.2) is 84.9 Å². The molecule has 0 saturated heterocycles. The summed E-state index contributed by atoms with van der Waals surface area (Å²) in [7, 11) is 0. The maximum Gasteiger partial charge on any atom is 0.0461 e. The summed E-state index contributed by atoms with van der Waals surface area (Å²) in [5.41, 5.74) is 5.03. The molecule has 0 spiro atoms. The molecule has 1 atom stereocenters. The van der Waals surface area contributed by atoms with Gasteiger partial charge < -0.3 is 4.90 Å². The Morgan fingerprint density at radius 1 is 0.667 bits per heavy atom. The molecule has 3 rings (SSSR count). The molecule has 0 aliphatic heterocycles. The standard InChI is InChI=1S/C26H31N/c1-3-5-12-22(4-2)21-23-17-19-26(20-18-23)27(24-13-8-6-9-14-24)25-15-10-7-11-16-25/h6-11,13-20,22H,3-5,12,21H2,1-2H3. The number of para-hydroxylation sites is 2. The van der Waals surface area contributed by atoms with E-state index in [2.05, 4.69) is 104 Å². The zero-order valence-corrected chi connectivity index (χ0v) is 16.6. The second-order valence-electron chi connectivity index (χ2n) is 7.29. The van der Waals surface area contributed by atoms with Gasteiger partial charge in [-0.2, -0.15) is 0 Å². The predicted molar refractivity (Wildman–Crippen MR) is 118 cm³/mol. The van der Waals surface area contributed by atoms with Gasteiger partial charge >= 0.3 is 0 Å². The molecule has 0 aliphatic rings. The second-order valence-corrected chi connectivity index (χ2v) is 7.29. The van der Waals surface area contributed by atoms with E-state index in [9.17, 15) is 0 Å². The summed E-state index contributed by atoms with van der Waals surface area (Å²) in [6.07, 6.45) is 6.43. The van der Waals surface area contributed by atoms with Crippen LogP contribution in [-0.2, 0) is 6.42 Å². The fourth-order valence-corrected chi connectivity index (χ4v) is 3.66. The number of rotatable bonds is 9. The van der Waals surface area contributed by atoms with Crippen molar-refractivity contribution in [3.05, 3.63) is 90.5 Å². The first-order valence-electron chi connectivity index (χ1n) is 10.3. The minimum absolute atomic E-state index is 0.801. The van der Waals surface area contributed by atoms with Crippen molar-refractivity contribution < 1.29 is 0 Å². The molecule has 3 aromatic carbocycles. The molecule has 1 nitrogen and oxygen atoms in total. The minimum Gasteiger partial charge on any atom is -0.311 e. The highest BCUT2D eigenvalue weighted by atomic mass is 15.1. The summed E-state index contributed by atoms with van der Waals surface area (Å²) in [5.74, 6) is 0.801. The molecular weight excluding hydrogens is 326 g/mol. The van der Waals surface area contributed by atoms with Crippen LogP contribution in [0.1, 0.15) is 45.1 Å². The molecule has 0 aliphatic carbocycles. The third-order valence-corrected chi connectivity index (χ3v) is 5.29. The first kappa shape index (κ1) is 19.2. The molecule has 3 aromatic rings. The highest BCUT2D eigenvalue weighted by Crippen LogP contribution is 2.34. The number of hydrogen-bond donors (Lipinski definition) is 0. The lowest BCUT2D eigenvalue weighted by Gasteiger charge is -2.25. The van der Waals surface area contributed by atoms with Crippen molar-refractivity contribution >= 4 is 17.1 Å². The van der Waals surface area contributed by atoms with Crippen LogP contribution in [0, 0.1) is 5.92 Å². The molecule has 0 N–H and O–H groups in total. The minimum atomic E-state index is 0.801. The molecule has 27 heavy (non-hydrogen) atoms. The van der Waals surface area contributed by atoms with Crippen molar-refractivity contribution in [1.29, 1.82) is 0 Å². The van der Waals surface area contributed by atoms with Crippen LogP contribution in [-0.4, -0.2) is 0 Å². The molecule has 0 saturated carbocycles. The molecule has 140 valence electrons. The quantitative estimate of drug-likeness (QED) is 0.376. The van der Waals surface area contributed by atoms with Gasteiger partial charge in [0.05, 0.1) is 0 Å². The summed E-state index contributed by atoms with van der Waals surface area (Å²) >= 11 is 0. The van der Waals surface area contributed by atoms with Gasteiger partial charge in [0.25, 0.3) is 0 Å². The van der Waals surface area contributed by atoms with Gasteiger partial charge in [-0.15, -0.1) is 0 Å². The molecule has 0 bridgehead atoms. The molecule has 1 unspecified atom stereocenters. The fourth-order valence-electron chi connectivity index (χ4n) is 3.66. The van der Waals surface area contributed by atoms with Crippen molar-refractivity contribution in [2.45, 2.75) is 46.0 Å². The number of nitrogens with zero attached hydrogens (tertiary/aromatic N) is 1. The van der Waals surface area contributed by atoms with Gasteiger partial charge in [0, 0.05) is 17.1 Å². The Kier molecular flexibility index (Phi) is 7.10. The smallest absolute Gasteiger partial charge is 0.0461 e. The summed E-state index contributed by atoms with van der Waals surface area (Å²) < 4.78 is 0. The van der Waals surface area contributed by atoms with E-state index in [0.29, 0.717) is 0 Å². The normalized spacial score (nSPS) is 11.9. The largest absolute Gasteiger partial charge is 0.311 e. The topological polar surface area (TPSA) is 3.24 Å². The van der Waals surface area contributed by atoms with Gasteiger partial charge in [0.1, 0.15) is 0 Å². The summed E-state index contributed by atoms with van der Waals surface area (Å²) in [6, 6.07) is 30.3. The van der Waals surface area contributed by atoms with Crippen LogP contribution >= 0.6 is 0 Å². The molecular formula is C26H31N. The molecule has 0 heterocycles. The lowest BCUT2D eigenvalue weighted by Crippen LogP contribution is -2.10. The van der Waals surface area contributed by atoms with E-state index in [1.54, 1.807) is 0 Å². The fraction of sp³-hybridized carbons (Fsp3) is 0.308. The molecule has 0 amide bonds. The van der Waals surface area contributed by atoms with E-state index in [-0.39, 0.29) is 0 Å². The zero-order chi connectivity index (χ0) is 18.9. The molecule has 0 fully saturated rings. The Hall–Kier alpha value is -2.54. The van der Waals surface area contributed by atoms with E-state index in [4.69, 9.17) is 0 Å². The van der Waals surface area contributed by atoms with Gasteiger partial charge in [-0.3, -0.25) is 0 Å². The zero-order valence-electron chi connectivity index (χ0n) is 16.6. The average Bonchev–Trinajstić information content (AvgIpc) is 2.74. The Bertz CT molecular complexity index is 738. The van der Waals surface area contributed by atoms with Crippen molar-refractivity contribution in [2.24, 2.45) is 5.92 Å². The summed E-state index contributed by atoms with van der Waals surface area (Å²) in [6.45, 7) is 4.60. The third kappa shape index (κ3) is 5.23. The molecule has 0 aromatic heterocycles. The monoisotopic (exact) mass is 357 g/mol. The SMILES string of the molecule is CCCCC(CC)Cc1ccc(N(c2ccccc2)c2ccccc2)cc1. The average molecular weight is 358 g/mol. The van der Waals surface area contributed by atoms with Gasteiger partial charge in [-0.05, 0) is 54.3 Å². The van der Waals surface area contributed by atoms with Gasteiger partial charge in [0.15, 0.2) is 0 Å². The van der Waals surface area contributed by atoms with E-state index in [0.717, 1.165) is 5.92 Å². The van der Waals surface area contributed by atoms with Gasteiger partial charge in [-0.25, -0.2) is 0 Å². The maximum absolute atomic E-state index is 2.32. The highest BCUT2D eigenvalue weighted by Gasteiger charge is 2.12. The van der Waals surface area contributed by atoms with E-state index in [1.165, 1.54) is 54.7 Å². The number of benzene rings is 3. The van der Waals surface area contributed by atoms with Crippen molar-refractivity contribution in [3.8, 4) is 0 Å². The molecule has 0 radical (unpaired) electrons. The summed E-state index contributed by atoms with van der Waals surface area (Å²) in [4.78, 5) is 2.32. The van der Waals surface area contributed by atoms with Gasteiger partial charge in [-0.1, -0.05) is 88.1 Å². The maximum atomic E-state index is 2.32.